The molecule has 3 aromatic carbocycles. The zero-order valence-corrected chi connectivity index (χ0v) is 21.3. The lowest BCUT2D eigenvalue weighted by atomic mass is 9.83. The van der Waals surface area contributed by atoms with Crippen LogP contribution in [-0.4, -0.2) is 39.0 Å². The Kier molecular flexibility index (Phi) is 7.82. The summed E-state index contributed by atoms with van der Waals surface area (Å²) in [5.41, 5.74) is 3.50. The van der Waals surface area contributed by atoms with Crippen LogP contribution in [0.3, 0.4) is 0 Å². The van der Waals surface area contributed by atoms with Crippen LogP contribution in [0.1, 0.15) is 58.5 Å². The molecule has 36 heavy (non-hydrogen) atoms. The molecule has 1 aliphatic carbocycles. The molecule has 7 nitrogen and oxygen atoms in total. The first-order valence-corrected chi connectivity index (χ1v) is 11.9. The quantitative estimate of drug-likeness (QED) is 0.360. The lowest BCUT2D eigenvalue weighted by Crippen LogP contribution is -2.20. The van der Waals surface area contributed by atoms with Gasteiger partial charge in [0.15, 0.2) is 12.6 Å². The molecule has 0 aromatic heterocycles. The first-order valence-electron chi connectivity index (χ1n) is 11.9. The highest BCUT2D eigenvalue weighted by atomic mass is 16.7. The second kappa shape index (κ2) is 11.0. The van der Waals surface area contributed by atoms with Crippen LogP contribution in [0, 0.1) is 6.92 Å². The molecular formula is C29H32O7. The Morgan fingerprint density at radius 1 is 1.08 bits per heavy atom. The van der Waals surface area contributed by atoms with Crippen LogP contribution < -0.4 is 14.2 Å². The second-order valence-corrected chi connectivity index (χ2v) is 8.69. The Morgan fingerprint density at radius 2 is 1.83 bits per heavy atom. The van der Waals surface area contributed by atoms with E-state index in [0.29, 0.717) is 40.9 Å². The van der Waals surface area contributed by atoms with Gasteiger partial charge in [0.25, 0.3) is 0 Å². The number of allylic oxidation sites excluding steroid dienone is 1. The SMILES string of the molecule is C/C=C/c1c(C)cc2c(OC)c3c(c(O)c2c1OCOC)C(=O)CC[C@@H]3OCc1ccc(OC)cc1. The molecule has 3 aromatic rings. The van der Waals surface area contributed by atoms with Crippen molar-refractivity contribution in [2.45, 2.75) is 39.4 Å². The molecule has 0 aliphatic heterocycles. The number of methoxy groups -OCH3 is 3. The maximum atomic E-state index is 13.1. The minimum absolute atomic E-state index is 0.0104. The lowest BCUT2D eigenvalue weighted by Gasteiger charge is -2.29. The fourth-order valence-corrected chi connectivity index (χ4v) is 4.80. The number of ether oxygens (including phenoxy) is 5. The topological polar surface area (TPSA) is 83.5 Å². The number of rotatable bonds is 9. The van der Waals surface area contributed by atoms with E-state index in [1.54, 1.807) is 14.2 Å². The standard InChI is InChI=1S/C29H32O7/c1-6-7-20-17(2)14-21-24(29(20)36-16-32-3)27(31)25-22(30)12-13-23(26(25)28(21)34-5)35-15-18-8-10-19(33-4)11-9-18/h6-11,14,23,31H,12-13,15-16H2,1-5H3/b7-6+/t23-/m0/s1. The highest BCUT2D eigenvalue weighted by Gasteiger charge is 2.36. The summed E-state index contributed by atoms with van der Waals surface area (Å²) in [5.74, 6) is 1.43. The first kappa shape index (κ1) is 25.5. The van der Waals surface area contributed by atoms with Crippen molar-refractivity contribution < 1.29 is 33.6 Å². The molecule has 0 spiro atoms. The number of phenols is 1. The van der Waals surface area contributed by atoms with E-state index in [0.717, 1.165) is 22.4 Å². The van der Waals surface area contributed by atoms with Crippen molar-refractivity contribution >= 4 is 22.6 Å². The molecule has 0 unspecified atom stereocenters. The number of carbonyl (C=O) groups is 1. The molecule has 0 saturated heterocycles. The van der Waals surface area contributed by atoms with Gasteiger partial charge in [-0.15, -0.1) is 0 Å². The number of ketones is 1. The third-order valence-corrected chi connectivity index (χ3v) is 6.46. The number of fused-ring (bicyclic) bond motifs is 2. The Morgan fingerprint density at radius 3 is 2.47 bits per heavy atom. The molecule has 4 rings (SSSR count). The number of hydrogen-bond donors (Lipinski definition) is 1. The van der Waals surface area contributed by atoms with Crippen LogP contribution in [0.2, 0.25) is 0 Å². The van der Waals surface area contributed by atoms with Crippen LogP contribution >= 0.6 is 0 Å². The van der Waals surface area contributed by atoms with Crippen molar-refractivity contribution in [2.75, 3.05) is 28.1 Å². The van der Waals surface area contributed by atoms with Gasteiger partial charge in [-0.3, -0.25) is 4.79 Å². The predicted octanol–water partition coefficient (Wildman–Crippen LogP) is 6.12. The summed E-state index contributed by atoms with van der Waals surface area (Å²) in [6.45, 7) is 4.20. The highest BCUT2D eigenvalue weighted by molar-refractivity contribution is 6.12. The maximum Gasteiger partial charge on any atom is 0.188 e. The van der Waals surface area contributed by atoms with Crippen LogP contribution in [0.25, 0.3) is 16.8 Å². The van der Waals surface area contributed by atoms with Crippen LogP contribution in [0.5, 0.6) is 23.0 Å². The monoisotopic (exact) mass is 492 g/mol. The van der Waals surface area contributed by atoms with E-state index in [-0.39, 0.29) is 30.3 Å². The smallest absolute Gasteiger partial charge is 0.188 e. The Labute approximate surface area is 211 Å². The number of phenolic OH excluding ortho intramolecular Hbond substituents is 1. The summed E-state index contributed by atoms with van der Waals surface area (Å²) in [7, 11) is 4.72. The van der Waals surface area contributed by atoms with Gasteiger partial charge < -0.3 is 28.8 Å². The van der Waals surface area contributed by atoms with E-state index in [2.05, 4.69) is 0 Å². The van der Waals surface area contributed by atoms with Gasteiger partial charge in [-0.2, -0.15) is 0 Å². The molecule has 0 heterocycles. The summed E-state index contributed by atoms with van der Waals surface area (Å²) in [5, 5.41) is 12.6. The molecular weight excluding hydrogens is 460 g/mol. The van der Waals surface area contributed by atoms with E-state index < -0.39 is 6.10 Å². The molecule has 1 N–H and O–H groups in total. The molecule has 1 aliphatic rings. The van der Waals surface area contributed by atoms with E-state index in [4.69, 9.17) is 23.7 Å². The summed E-state index contributed by atoms with van der Waals surface area (Å²) < 4.78 is 28.5. The minimum atomic E-state index is -0.427. The molecule has 0 saturated carbocycles. The molecule has 0 radical (unpaired) electrons. The van der Waals surface area contributed by atoms with Crippen LogP contribution in [0.4, 0.5) is 0 Å². The van der Waals surface area contributed by atoms with Gasteiger partial charge in [0.2, 0.25) is 0 Å². The van der Waals surface area contributed by atoms with Gasteiger partial charge in [0, 0.05) is 30.0 Å². The zero-order chi connectivity index (χ0) is 25.8. The number of hydrogen-bond acceptors (Lipinski definition) is 7. The van der Waals surface area contributed by atoms with E-state index in [9.17, 15) is 9.90 Å². The number of carbonyl (C=O) groups excluding carboxylic acids is 1. The highest BCUT2D eigenvalue weighted by Crippen LogP contribution is 2.52. The Bertz CT molecular complexity index is 1290. The zero-order valence-electron chi connectivity index (χ0n) is 21.3. The molecule has 0 bridgehead atoms. The average molecular weight is 493 g/mol. The van der Waals surface area contributed by atoms with Crippen molar-refractivity contribution in [1.29, 1.82) is 0 Å². The summed E-state index contributed by atoms with van der Waals surface area (Å²) >= 11 is 0. The first-order chi connectivity index (χ1) is 17.4. The summed E-state index contributed by atoms with van der Waals surface area (Å²) in [6, 6.07) is 9.58. The third-order valence-electron chi connectivity index (χ3n) is 6.46. The Hall–Kier alpha value is -3.55. The Balaban J connectivity index is 1.88. The maximum absolute atomic E-state index is 13.1. The molecule has 7 heteroatoms. The lowest BCUT2D eigenvalue weighted by molar-refractivity contribution is 0.0261. The van der Waals surface area contributed by atoms with Gasteiger partial charge >= 0.3 is 0 Å². The van der Waals surface area contributed by atoms with Gasteiger partial charge in [-0.1, -0.05) is 24.3 Å². The largest absolute Gasteiger partial charge is 0.506 e. The number of aromatic hydroxyl groups is 1. The van der Waals surface area contributed by atoms with E-state index in [1.165, 1.54) is 7.11 Å². The summed E-state index contributed by atoms with van der Waals surface area (Å²) in [6.07, 6.45) is 4.13. The van der Waals surface area contributed by atoms with Crippen molar-refractivity contribution in [3.8, 4) is 23.0 Å². The minimum Gasteiger partial charge on any atom is -0.506 e. The van der Waals surface area contributed by atoms with Crippen molar-refractivity contribution in [1.82, 2.24) is 0 Å². The van der Waals surface area contributed by atoms with Crippen LogP contribution in [-0.2, 0) is 16.1 Å². The number of aryl methyl sites for hydroxylation is 1. The molecule has 0 amide bonds. The second-order valence-electron chi connectivity index (χ2n) is 8.69. The van der Waals surface area contributed by atoms with E-state index in [1.807, 2.05) is 56.3 Å². The van der Waals surface area contributed by atoms with Crippen molar-refractivity contribution in [3.05, 3.63) is 64.2 Å². The number of benzene rings is 3. The molecule has 1 atom stereocenters. The van der Waals surface area contributed by atoms with Gasteiger partial charge in [-0.05, 0) is 49.6 Å². The average Bonchev–Trinajstić information content (AvgIpc) is 2.88. The molecule has 190 valence electrons. The van der Waals surface area contributed by atoms with Gasteiger partial charge in [-0.25, -0.2) is 0 Å². The van der Waals surface area contributed by atoms with Crippen molar-refractivity contribution in [3.63, 3.8) is 0 Å². The van der Waals surface area contributed by atoms with Crippen LogP contribution in [0.15, 0.2) is 36.4 Å². The van der Waals surface area contributed by atoms with Gasteiger partial charge in [0.1, 0.15) is 23.0 Å². The summed E-state index contributed by atoms with van der Waals surface area (Å²) in [4.78, 5) is 13.1. The number of Topliss-reactive ketones (excluding diaryl/α,β-unsaturated/α-hetero) is 1. The molecule has 0 fully saturated rings. The van der Waals surface area contributed by atoms with Gasteiger partial charge in [0.05, 0.1) is 37.9 Å². The third kappa shape index (κ3) is 4.64. The normalized spacial score (nSPS) is 15.4. The fourth-order valence-electron chi connectivity index (χ4n) is 4.80. The fraction of sp³-hybridized carbons (Fsp3) is 0.345. The predicted molar refractivity (Wildman–Crippen MR) is 138 cm³/mol. The van der Waals surface area contributed by atoms with E-state index >= 15 is 0 Å². The van der Waals surface area contributed by atoms with Crippen molar-refractivity contribution in [2.24, 2.45) is 0 Å².